The Bertz CT molecular complexity index is 931. The van der Waals surface area contributed by atoms with Crippen LogP contribution in [0.25, 0.3) is 0 Å². The van der Waals surface area contributed by atoms with Gasteiger partial charge in [0.1, 0.15) is 0 Å². The lowest BCUT2D eigenvalue weighted by Crippen LogP contribution is -2.18. The smallest absolute Gasteiger partial charge is 0.316 e. The number of amides is 1. The van der Waals surface area contributed by atoms with Crippen molar-refractivity contribution in [2.24, 2.45) is 0 Å². The Hall–Kier alpha value is -2.54. The molecule has 1 amide bonds. The molecule has 1 N–H and O–H groups in total. The van der Waals surface area contributed by atoms with E-state index in [1.807, 2.05) is 51.1 Å². The van der Waals surface area contributed by atoms with E-state index in [1.165, 1.54) is 0 Å². The lowest BCUT2D eigenvalue weighted by atomic mass is 10.1. The van der Waals surface area contributed by atoms with Gasteiger partial charge in [0.25, 0.3) is 0 Å². The van der Waals surface area contributed by atoms with Crippen LogP contribution < -0.4 is 5.32 Å². The molecule has 1 saturated carbocycles. The van der Waals surface area contributed by atoms with Gasteiger partial charge < -0.3 is 14.6 Å². The van der Waals surface area contributed by atoms with E-state index >= 15 is 0 Å². The van der Waals surface area contributed by atoms with Gasteiger partial charge in [0.05, 0.1) is 11.5 Å². The molecule has 1 aliphatic rings. The third-order valence-corrected chi connectivity index (χ3v) is 5.72. The maximum atomic E-state index is 12.4. The van der Waals surface area contributed by atoms with E-state index in [-0.39, 0.29) is 29.8 Å². The van der Waals surface area contributed by atoms with Crippen LogP contribution in [0.3, 0.4) is 0 Å². The molecule has 0 unspecified atom stereocenters. The zero-order valence-corrected chi connectivity index (χ0v) is 17.8. The van der Waals surface area contributed by atoms with Gasteiger partial charge in [-0.05, 0) is 57.4 Å². The average molecular weight is 415 g/mol. The first-order valence-electron chi connectivity index (χ1n) is 9.66. The molecule has 0 aliphatic heterocycles. The summed E-state index contributed by atoms with van der Waals surface area (Å²) < 4.78 is 7.30. The number of ether oxygens (including phenoxy) is 1. The molecule has 0 bridgehead atoms. The summed E-state index contributed by atoms with van der Waals surface area (Å²) in [5.74, 6) is -0.713. The summed E-state index contributed by atoms with van der Waals surface area (Å²) >= 11 is 1.16. The molecular formula is C22H26N2O4S. The standard InChI is InChI=1S/C22H26N2O4S/c1-14-5-4-6-17(9-14)23-21(26)12-29-13-22(27)28-11-20(25)19-10-15(2)24(16(19)3)18-7-8-18/h4-6,9-10,18H,7-8,11-13H2,1-3H3,(H,23,26). The molecule has 0 saturated heterocycles. The van der Waals surface area contributed by atoms with E-state index in [0.717, 1.165) is 47.2 Å². The number of carbonyl (C=O) groups is 3. The molecule has 154 valence electrons. The van der Waals surface area contributed by atoms with Gasteiger partial charge in [0.2, 0.25) is 11.7 Å². The molecule has 0 radical (unpaired) electrons. The quantitative estimate of drug-likeness (QED) is 0.498. The number of nitrogens with zero attached hydrogens (tertiary/aromatic N) is 1. The van der Waals surface area contributed by atoms with E-state index in [9.17, 15) is 14.4 Å². The summed E-state index contributed by atoms with van der Waals surface area (Å²) in [4.78, 5) is 36.3. The minimum atomic E-state index is -0.497. The third-order valence-electron chi connectivity index (χ3n) is 4.82. The molecule has 1 aliphatic carbocycles. The Morgan fingerprint density at radius 2 is 1.90 bits per heavy atom. The maximum Gasteiger partial charge on any atom is 0.316 e. The largest absolute Gasteiger partial charge is 0.457 e. The molecule has 29 heavy (non-hydrogen) atoms. The highest BCUT2D eigenvalue weighted by molar-refractivity contribution is 8.00. The van der Waals surface area contributed by atoms with Crippen LogP contribution in [0.15, 0.2) is 30.3 Å². The Labute approximate surface area is 175 Å². The monoisotopic (exact) mass is 414 g/mol. The van der Waals surface area contributed by atoms with Crippen LogP contribution >= 0.6 is 11.8 Å². The van der Waals surface area contributed by atoms with Crippen molar-refractivity contribution in [2.45, 2.75) is 39.7 Å². The molecule has 1 heterocycles. The number of hydrogen-bond donors (Lipinski definition) is 1. The van der Waals surface area contributed by atoms with Crippen LogP contribution in [-0.2, 0) is 14.3 Å². The van der Waals surface area contributed by atoms with Gasteiger partial charge in [-0.1, -0.05) is 12.1 Å². The lowest BCUT2D eigenvalue weighted by Gasteiger charge is -2.08. The molecular weight excluding hydrogens is 388 g/mol. The first kappa shape index (κ1) is 21.2. The number of thioether (sulfide) groups is 1. The predicted molar refractivity (Wildman–Crippen MR) is 115 cm³/mol. The van der Waals surface area contributed by atoms with Crippen molar-refractivity contribution in [3.05, 3.63) is 52.8 Å². The summed E-state index contributed by atoms with van der Waals surface area (Å²) in [7, 11) is 0. The van der Waals surface area contributed by atoms with Crippen LogP contribution in [0, 0.1) is 20.8 Å². The van der Waals surface area contributed by atoms with Crippen molar-refractivity contribution in [3.8, 4) is 0 Å². The fraction of sp³-hybridized carbons (Fsp3) is 0.409. The van der Waals surface area contributed by atoms with Crippen LogP contribution in [0.5, 0.6) is 0 Å². The van der Waals surface area contributed by atoms with Crippen molar-refractivity contribution in [1.82, 2.24) is 4.57 Å². The Morgan fingerprint density at radius 1 is 1.14 bits per heavy atom. The Balaban J connectivity index is 1.39. The molecule has 2 aromatic rings. The highest BCUT2D eigenvalue weighted by Crippen LogP contribution is 2.38. The van der Waals surface area contributed by atoms with Gasteiger partial charge in [-0.2, -0.15) is 0 Å². The number of esters is 1. The average Bonchev–Trinajstić information content (AvgIpc) is 3.44. The second kappa shape index (κ2) is 9.31. The third kappa shape index (κ3) is 5.73. The minimum absolute atomic E-state index is 0.0234. The molecule has 3 rings (SSSR count). The number of aromatic nitrogens is 1. The van der Waals surface area contributed by atoms with Crippen molar-refractivity contribution in [1.29, 1.82) is 0 Å². The second-order valence-corrected chi connectivity index (χ2v) is 8.37. The number of carbonyl (C=O) groups excluding carboxylic acids is 3. The molecule has 0 spiro atoms. The molecule has 1 fully saturated rings. The molecule has 1 aromatic carbocycles. The fourth-order valence-electron chi connectivity index (χ4n) is 3.37. The van der Waals surface area contributed by atoms with E-state index in [0.29, 0.717) is 11.6 Å². The van der Waals surface area contributed by atoms with Gasteiger partial charge in [-0.3, -0.25) is 14.4 Å². The highest BCUT2D eigenvalue weighted by atomic mass is 32.2. The van der Waals surface area contributed by atoms with Crippen LogP contribution in [-0.4, -0.2) is 40.3 Å². The van der Waals surface area contributed by atoms with Gasteiger partial charge >= 0.3 is 5.97 Å². The van der Waals surface area contributed by atoms with E-state index in [4.69, 9.17) is 4.74 Å². The number of nitrogens with one attached hydrogen (secondary N) is 1. The molecule has 1 aromatic heterocycles. The van der Waals surface area contributed by atoms with Crippen LogP contribution in [0.2, 0.25) is 0 Å². The zero-order chi connectivity index (χ0) is 21.0. The molecule has 6 nitrogen and oxygen atoms in total. The summed E-state index contributed by atoms with van der Waals surface area (Å²) in [6.45, 7) is 5.60. The molecule has 0 atom stereocenters. The first-order chi connectivity index (χ1) is 13.8. The van der Waals surface area contributed by atoms with Crippen molar-refractivity contribution < 1.29 is 19.1 Å². The van der Waals surface area contributed by atoms with Crippen LogP contribution in [0.4, 0.5) is 5.69 Å². The van der Waals surface area contributed by atoms with Crippen LogP contribution in [0.1, 0.15) is 46.2 Å². The summed E-state index contributed by atoms with van der Waals surface area (Å²) in [5, 5.41) is 2.79. The second-order valence-electron chi connectivity index (χ2n) is 7.38. The normalized spacial score (nSPS) is 13.2. The van der Waals surface area contributed by atoms with Crippen molar-refractivity contribution in [2.75, 3.05) is 23.4 Å². The number of benzene rings is 1. The SMILES string of the molecule is Cc1cccc(NC(=O)CSCC(=O)OCC(=O)c2cc(C)n(C3CC3)c2C)c1. The lowest BCUT2D eigenvalue weighted by molar-refractivity contribution is -0.139. The van der Waals surface area contributed by atoms with E-state index < -0.39 is 5.97 Å². The summed E-state index contributed by atoms with van der Waals surface area (Å²) in [5.41, 5.74) is 4.41. The van der Waals surface area contributed by atoms with Gasteiger partial charge in [-0.25, -0.2) is 0 Å². The highest BCUT2D eigenvalue weighted by Gasteiger charge is 2.28. The van der Waals surface area contributed by atoms with Gasteiger partial charge in [0, 0.05) is 28.7 Å². The summed E-state index contributed by atoms with van der Waals surface area (Å²) in [6, 6.07) is 9.88. The topological polar surface area (TPSA) is 77.4 Å². The Kier molecular flexibility index (Phi) is 6.79. The number of hydrogen-bond acceptors (Lipinski definition) is 5. The van der Waals surface area contributed by atoms with Gasteiger partial charge in [-0.15, -0.1) is 11.8 Å². The van der Waals surface area contributed by atoms with Gasteiger partial charge in [0.15, 0.2) is 6.61 Å². The number of anilines is 1. The Morgan fingerprint density at radius 3 is 2.59 bits per heavy atom. The number of aryl methyl sites for hydroxylation is 2. The molecule has 7 heteroatoms. The number of ketones is 1. The summed E-state index contributed by atoms with van der Waals surface area (Å²) in [6.07, 6.45) is 2.29. The van der Waals surface area contributed by atoms with Crippen molar-refractivity contribution in [3.63, 3.8) is 0 Å². The maximum absolute atomic E-state index is 12.4. The fourth-order valence-corrected chi connectivity index (χ4v) is 3.98. The minimum Gasteiger partial charge on any atom is -0.457 e. The van der Waals surface area contributed by atoms with E-state index in [2.05, 4.69) is 9.88 Å². The first-order valence-corrected chi connectivity index (χ1v) is 10.8. The zero-order valence-electron chi connectivity index (χ0n) is 17.0. The predicted octanol–water partition coefficient (Wildman–Crippen LogP) is 3.85. The number of rotatable bonds is 9. The van der Waals surface area contributed by atoms with E-state index in [1.54, 1.807) is 0 Å². The van der Waals surface area contributed by atoms with Crippen molar-refractivity contribution >= 4 is 35.1 Å². The number of Topliss-reactive ketones (excluding diaryl/α,β-unsaturated/α-hetero) is 1.